The third kappa shape index (κ3) is 2.54. The minimum absolute atomic E-state index is 0.0669. The Morgan fingerprint density at radius 1 is 1.26 bits per heavy atom. The molecule has 1 aromatic carbocycles. The number of hydrogen-bond acceptors (Lipinski definition) is 2. The zero-order valence-corrected chi connectivity index (χ0v) is 11.0. The monoisotopic (exact) mass is 293 g/mol. The van der Waals surface area contributed by atoms with Crippen LogP contribution in [0.4, 0.5) is 13.2 Å². The summed E-state index contributed by atoms with van der Waals surface area (Å²) in [7, 11) is 0. The molecule has 0 atom stereocenters. The highest BCUT2D eigenvalue weighted by Crippen LogP contribution is 2.47. The van der Waals surface area contributed by atoms with Crippen LogP contribution in [0.2, 0.25) is 5.02 Å². The number of phenolic OH excluding ortho intramolecular Hbond substituents is 1. The van der Waals surface area contributed by atoms with Gasteiger partial charge in [-0.05, 0) is 30.5 Å². The molecule has 6 heteroatoms. The lowest BCUT2D eigenvalue weighted by Gasteiger charge is -2.31. The average Bonchev–Trinajstić information content (AvgIpc) is 2.80. The zero-order chi connectivity index (χ0) is 14.3. The van der Waals surface area contributed by atoms with Crippen LogP contribution in [-0.2, 0) is 11.6 Å². The van der Waals surface area contributed by atoms with Crippen LogP contribution in [0.3, 0.4) is 0 Å². The molecule has 0 spiro atoms. The van der Waals surface area contributed by atoms with E-state index >= 15 is 0 Å². The molecule has 0 radical (unpaired) electrons. The number of aromatic hydroxyl groups is 1. The summed E-state index contributed by atoms with van der Waals surface area (Å²) in [5.74, 6) is -0.553. The Bertz CT molecular complexity index is 482. The van der Waals surface area contributed by atoms with Crippen LogP contribution >= 0.6 is 11.6 Å². The summed E-state index contributed by atoms with van der Waals surface area (Å²) in [5, 5.41) is 9.36. The van der Waals surface area contributed by atoms with Gasteiger partial charge in [0.2, 0.25) is 0 Å². The molecule has 1 aliphatic rings. The first-order chi connectivity index (χ1) is 8.80. The number of halogens is 4. The molecule has 106 valence electrons. The molecule has 0 unspecified atom stereocenters. The highest BCUT2D eigenvalue weighted by Gasteiger charge is 2.43. The van der Waals surface area contributed by atoms with Crippen LogP contribution < -0.4 is 5.73 Å². The van der Waals surface area contributed by atoms with Gasteiger partial charge in [-0.2, -0.15) is 13.2 Å². The van der Waals surface area contributed by atoms with Crippen molar-refractivity contribution in [1.29, 1.82) is 0 Å². The SMILES string of the molecule is NCC1(c2cc(Cl)c(O)cc2C(F)(F)F)CCCC1. The van der Waals surface area contributed by atoms with Gasteiger partial charge in [-0.3, -0.25) is 0 Å². The number of rotatable bonds is 2. The molecule has 1 fully saturated rings. The molecule has 3 N–H and O–H groups in total. The molecule has 0 aromatic heterocycles. The Hall–Kier alpha value is -0.940. The first-order valence-electron chi connectivity index (χ1n) is 6.10. The van der Waals surface area contributed by atoms with E-state index < -0.39 is 22.9 Å². The van der Waals surface area contributed by atoms with Crippen molar-refractivity contribution in [3.8, 4) is 5.75 Å². The lowest BCUT2D eigenvalue weighted by atomic mass is 9.76. The molecule has 0 bridgehead atoms. The van der Waals surface area contributed by atoms with E-state index in [0.717, 1.165) is 12.8 Å². The van der Waals surface area contributed by atoms with Crippen molar-refractivity contribution < 1.29 is 18.3 Å². The van der Waals surface area contributed by atoms with E-state index in [-0.39, 0.29) is 17.1 Å². The smallest absolute Gasteiger partial charge is 0.416 e. The van der Waals surface area contributed by atoms with Crippen molar-refractivity contribution in [3.63, 3.8) is 0 Å². The standard InChI is InChI=1S/C13H15ClF3NO/c14-10-5-8(12(7-18)3-1-2-4-12)9(6-11(10)19)13(15,16)17/h5-6,19H,1-4,7,18H2. The van der Waals surface area contributed by atoms with E-state index in [2.05, 4.69) is 0 Å². The first kappa shape index (κ1) is 14.5. The largest absolute Gasteiger partial charge is 0.506 e. The van der Waals surface area contributed by atoms with Crippen molar-refractivity contribution in [2.24, 2.45) is 5.73 Å². The lowest BCUT2D eigenvalue weighted by Crippen LogP contribution is -2.34. The molecule has 0 aliphatic heterocycles. The van der Waals surface area contributed by atoms with Crippen LogP contribution in [0.1, 0.15) is 36.8 Å². The Morgan fingerprint density at radius 2 is 1.84 bits per heavy atom. The number of benzene rings is 1. The van der Waals surface area contributed by atoms with Gasteiger partial charge in [0, 0.05) is 12.0 Å². The van der Waals surface area contributed by atoms with Crippen molar-refractivity contribution in [3.05, 3.63) is 28.3 Å². The summed E-state index contributed by atoms with van der Waals surface area (Å²) >= 11 is 5.78. The minimum atomic E-state index is -4.53. The van der Waals surface area contributed by atoms with Gasteiger partial charge in [0.1, 0.15) is 5.75 Å². The van der Waals surface area contributed by atoms with Gasteiger partial charge >= 0.3 is 6.18 Å². The molecule has 0 heterocycles. The van der Waals surface area contributed by atoms with Crippen molar-refractivity contribution >= 4 is 11.6 Å². The summed E-state index contributed by atoms with van der Waals surface area (Å²) in [6.45, 7) is 0.150. The summed E-state index contributed by atoms with van der Waals surface area (Å²) in [5.41, 5.74) is 4.33. The maximum atomic E-state index is 13.1. The fourth-order valence-electron chi connectivity index (χ4n) is 2.87. The third-order valence-corrected chi connectivity index (χ3v) is 4.22. The van der Waals surface area contributed by atoms with Gasteiger partial charge in [0.05, 0.1) is 10.6 Å². The zero-order valence-electron chi connectivity index (χ0n) is 10.2. The van der Waals surface area contributed by atoms with Crippen molar-refractivity contribution in [2.45, 2.75) is 37.3 Å². The van der Waals surface area contributed by atoms with Gasteiger partial charge in [0.15, 0.2) is 0 Å². The van der Waals surface area contributed by atoms with Gasteiger partial charge in [0.25, 0.3) is 0 Å². The first-order valence-corrected chi connectivity index (χ1v) is 6.48. The summed E-state index contributed by atoms with van der Waals surface area (Å²) in [6.07, 6.45) is -1.58. The third-order valence-electron chi connectivity index (χ3n) is 3.92. The maximum Gasteiger partial charge on any atom is 0.416 e. The molecule has 2 rings (SSSR count). The van der Waals surface area contributed by atoms with E-state index in [1.807, 2.05) is 0 Å². The highest BCUT2D eigenvalue weighted by molar-refractivity contribution is 6.32. The van der Waals surface area contributed by atoms with E-state index in [0.29, 0.717) is 18.9 Å². The van der Waals surface area contributed by atoms with Crippen LogP contribution in [0.5, 0.6) is 5.75 Å². The van der Waals surface area contributed by atoms with Gasteiger partial charge < -0.3 is 10.8 Å². The summed E-state index contributed by atoms with van der Waals surface area (Å²) < 4.78 is 39.4. The Balaban J connectivity index is 2.64. The molecule has 0 amide bonds. The van der Waals surface area contributed by atoms with Crippen LogP contribution in [0, 0.1) is 0 Å². The highest BCUT2D eigenvalue weighted by atomic mass is 35.5. The van der Waals surface area contributed by atoms with E-state index in [9.17, 15) is 18.3 Å². The number of nitrogens with two attached hydrogens (primary N) is 1. The topological polar surface area (TPSA) is 46.2 Å². The Kier molecular flexibility index (Phi) is 3.71. The number of hydrogen-bond donors (Lipinski definition) is 2. The quantitative estimate of drug-likeness (QED) is 0.870. The predicted molar refractivity (Wildman–Crippen MR) is 67.3 cm³/mol. The second-order valence-electron chi connectivity index (χ2n) is 5.04. The molecule has 19 heavy (non-hydrogen) atoms. The van der Waals surface area contributed by atoms with Crippen LogP contribution in [-0.4, -0.2) is 11.7 Å². The minimum Gasteiger partial charge on any atom is -0.506 e. The van der Waals surface area contributed by atoms with E-state index in [1.165, 1.54) is 6.07 Å². The van der Waals surface area contributed by atoms with Gasteiger partial charge in [-0.25, -0.2) is 0 Å². The average molecular weight is 294 g/mol. The van der Waals surface area contributed by atoms with Crippen molar-refractivity contribution in [2.75, 3.05) is 6.54 Å². The molecule has 2 nitrogen and oxygen atoms in total. The number of phenols is 1. The molecular formula is C13H15ClF3NO. The second kappa shape index (κ2) is 4.87. The molecule has 1 aliphatic carbocycles. The van der Waals surface area contributed by atoms with Crippen molar-refractivity contribution in [1.82, 2.24) is 0 Å². The van der Waals surface area contributed by atoms with Gasteiger partial charge in [-0.15, -0.1) is 0 Å². The van der Waals surface area contributed by atoms with Crippen LogP contribution in [0.25, 0.3) is 0 Å². The lowest BCUT2D eigenvalue weighted by molar-refractivity contribution is -0.138. The summed E-state index contributed by atoms with van der Waals surface area (Å²) in [4.78, 5) is 0. The molecule has 1 saturated carbocycles. The molecule has 1 aromatic rings. The fraction of sp³-hybridized carbons (Fsp3) is 0.538. The normalized spacial score (nSPS) is 18.8. The maximum absolute atomic E-state index is 13.1. The fourth-order valence-corrected chi connectivity index (χ4v) is 3.03. The Labute approximate surface area is 114 Å². The number of alkyl halides is 3. The van der Waals surface area contributed by atoms with E-state index in [4.69, 9.17) is 17.3 Å². The van der Waals surface area contributed by atoms with Crippen LogP contribution in [0.15, 0.2) is 12.1 Å². The summed E-state index contributed by atoms with van der Waals surface area (Å²) in [6, 6.07) is 1.92. The van der Waals surface area contributed by atoms with E-state index in [1.54, 1.807) is 0 Å². The Morgan fingerprint density at radius 3 is 2.32 bits per heavy atom. The molecule has 0 saturated heterocycles. The van der Waals surface area contributed by atoms with Gasteiger partial charge in [-0.1, -0.05) is 24.4 Å². The molecular weight excluding hydrogens is 279 g/mol. The second-order valence-corrected chi connectivity index (χ2v) is 5.45. The predicted octanol–water partition coefficient (Wildman–Crippen LogP) is 3.83.